The van der Waals surface area contributed by atoms with Crippen LogP contribution in [0, 0.1) is 0 Å². The molecule has 0 aromatic heterocycles. The minimum atomic E-state index is -4.13. The standard InChI is InChI=1S/C32H38BrN3O5S/c1-3-41-29-17-15-28(16-18-29)36(42(39,40)30-19-13-26(33)14-20-30)23-31(37)35(22-21-25-9-5-4-6-10-25)24(2)32(38)34-27-11-7-8-12-27/h4-6,9-10,13-20,24,27H,3,7-8,11-12,21-23H2,1-2H3,(H,34,38). The number of hydrogen-bond acceptors (Lipinski definition) is 5. The Bertz CT molecular complexity index is 1430. The average Bonchev–Trinajstić information content (AvgIpc) is 3.50. The molecule has 1 unspecified atom stereocenters. The second-order valence-electron chi connectivity index (χ2n) is 10.4. The molecule has 0 radical (unpaired) electrons. The van der Waals surface area contributed by atoms with Crippen molar-refractivity contribution in [2.75, 3.05) is 24.0 Å². The van der Waals surface area contributed by atoms with E-state index >= 15 is 0 Å². The zero-order chi connectivity index (χ0) is 30.1. The molecule has 1 atom stereocenters. The maximum atomic E-state index is 14.0. The monoisotopic (exact) mass is 655 g/mol. The van der Waals surface area contributed by atoms with Crippen LogP contribution in [-0.2, 0) is 26.0 Å². The molecule has 0 saturated heterocycles. The van der Waals surface area contributed by atoms with Crippen molar-refractivity contribution in [1.82, 2.24) is 10.2 Å². The van der Waals surface area contributed by atoms with E-state index in [9.17, 15) is 18.0 Å². The lowest BCUT2D eigenvalue weighted by Gasteiger charge is -2.32. The quantitative estimate of drug-likeness (QED) is 0.260. The van der Waals surface area contributed by atoms with E-state index in [1.807, 2.05) is 37.3 Å². The molecule has 1 aliphatic rings. The van der Waals surface area contributed by atoms with Gasteiger partial charge in [-0.1, -0.05) is 59.1 Å². The second-order valence-corrected chi connectivity index (χ2v) is 13.2. The van der Waals surface area contributed by atoms with E-state index < -0.39 is 28.5 Å². The summed E-state index contributed by atoms with van der Waals surface area (Å²) in [5.41, 5.74) is 1.34. The van der Waals surface area contributed by atoms with Gasteiger partial charge in [-0.3, -0.25) is 13.9 Å². The third-order valence-corrected chi connectivity index (χ3v) is 9.79. The third-order valence-electron chi connectivity index (χ3n) is 7.47. The number of nitrogens with zero attached hydrogens (tertiary/aromatic N) is 2. The molecular weight excluding hydrogens is 618 g/mol. The summed E-state index contributed by atoms with van der Waals surface area (Å²) in [6.07, 6.45) is 4.51. The minimum Gasteiger partial charge on any atom is -0.494 e. The van der Waals surface area contributed by atoms with Crippen LogP contribution in [0.1, 0.15) is 45.1 Å². The Labute approximate surface area is 257 Å². The zero-order valence-electron chi connectivity index (χ0n) is 24.0. The van der Waals surface area contributed by atoms with Crippen molar-refractivity contribution in [3.63, 3.8) is 0 Å². The van der Waals surface area contributed by atoms with Crippen LogP contribution in [0.15, 0.2) is 88.2 Å². The first-order valence-electron chi connectivity index (χ1n) is 14.3. The lowest BCUT2D eigenvalue weighted by Crippen LogP contribution is -2.53. The van der Waals surface area contributed by atoms with Crippen LogP contribution in [0.5, 0.6) is 5.75 Å². The van der Waals surface area contributed by atoms with Crippen LogP contribution < -0.4 is 14.4 Å². The maximum absolute atomic E-state index is 14.0. The van der Waals surface area contributed by atoms with Gasteiger partial charge >= 0.3 is 0 Å². The van der Waals surface area contributed by atoms with E-state index in [0.29, 0.717) is 24.5 Å². The molecular formula is C32H38BrN3O5S. The van der Waals surface area contributed by atoms with Gasteiger partial charge in [-0.2, -0.15) is 0 Å². The van der Waals surface area contributed by atoms with E-state index in [-0.39, 0.29) is 23.4 Å². The molecule has 0 aliphatic heterocycles. The number of sulfonamides is 1. The molecule has 1 saturated carbocycles. The second kappa shape index (κ2) is 14.7. The number of amides is 2. The summed E-state index contributed by atoms with van der Waals surface area (Å²) in [6.45, 7) is 3.83. The Morgan fingerprint density at radius 3 is 2.24 bits per heavy atom. The third kappa shape index (κ3) is 8.13. The summed E-state index contributed by atoms with van der Waals surface area (Å²) in [5.74, 6) is -0.100. The highest BCUT2D eigenvalue weighted by atomic mass is 79.9. The van der Waals surface area contributed by atoms with E-state index in [1.54, 1.807) is 43.3 Å². The molecule has 2 amide bonds. The summed E-state index contributed by atoms with van der Waals surface area (Å²) in [7, 11) is -4.13. The van der Waals surface area contributed by atoms with Crippen LogP contribution in [0.3, 0.4) is 0 Å². The molecule has 8 nitrogen and oxygen atoms in total. The number of halogens is 1. The number of rotatable bonds is 13. The highest BCUT2D eigenvalue weighted by Crippen LogP contribution is 2.27. The summed E-state index contributed by atoms with van der Waals surface area (Å²) in [5, 5.41) is 3.09. The predicted octanol–water partition coefficient (Wildman–Crippen LogP) is 5.56. The fourth-order valence-electron chi connectivity index (χ4n) is 5.10. The highest BCUT2D eigenvalue weighted by Gasteiger charge is 2.33. The first-order chi connectivity index (χ1) is 20.2. The molecule has 3 aromatic rings. The van der Waals surface area contributed by atoms with Gasteiger partial charge in [0.15, 0.2) is 0 Å². The molecule has 42 heavy (non-hydrogen) atoms. The molecule has 0 heterocycles. The topological polar surface area (TPSA) is 96.0 Å². The average molecular weight is 657 g/mol. The van der Waals surface area contributed by atoms with E-state index in [0.717, 1.165) is 40.0 Å². The van der Waals surface area contributed by atoms with Crippen LogP contribution in [0.2, 0.25) is 0 Å². The Balaban J connectivity index is 1.64. The van der Waals surface area contributed by atoms with Crippen molar-refractivity contribution in [1.29, 1.82) is 0 Å². The number of nitrogens with one attached hydrogen (secondary N) is 1. The normalized spacial score (nSPS) is 14.3. The van der Waals surface area contributed by atoms with Crippen LogP contribution >= 0.6 is 15.9 Å². The number of carbonyl (C=O) groups is 2. The number of carbonyl (C=O) groups excluding carboxylic acids is 2. The Morgan fingerprint density at radius 1 is 0.976 bits per heavy atom. The fraction of sp³-hybridized carbons (Fsp3) is 0.375. The van der Waals surface area contributed by atoms with Crippen molar-refractivity contribution in [2.45, 2.75) is 62.9 Å². The van der Waals surface area contributed by atoms with Crippen molar-refractivity contribution in [2.24, 2.45) is 0 Å². The number of anilines is 1. The first kappa shape index (κ1) is 31.6. The van der Waals surface area contributed by atoms with Gasteiger partial charge in [-0.05, 0) is 87.2 Å². The SMILES string of the molecule is CCOc1ccc(N(CC(=O)N(CCc2ccccc2)C(C)C(=O)NC2CCCC2)S(=O)(=O)c2ccc(Br)cc2)cc1. The van der Waals surface area contributed by atoms with Crippen LogP contribution in [0.4, 0.5) is 5.69 Å². The Morgan fingerprint density at radius 2 is 1.62 bits per heavy atom. The van der Waals surface area contributed by atoms with Crippen LogP contribution in [-0.4, -0.2) is 56.9 Å². The van der Waals surface area contributed by atoms with Gasteiger partial charge in [0, 0.05) is 17.1 Å². The van der Waals surface area contributed by atoms with Gasteiger partial charge in [-0.25, -0.2) is 8.42 Å². The molecule has 0 bridgehead atoms. The smallest absolute Gasteiger partial charge is 0.264 e. The Hall–Kier alpha value is -3.37. The zero-order valence-corrected chi connectivity index (χ0v) is 26.4. The summed E-state index contributed by atoms with van der Waals surface area (Å²) in [6, 6.07) is 21.9. The molecule has 3 aromatic carbocycles. The van der Waals surface area contributed by atoms with Gasteiger partial charge < -0.3 is 15.0 Å². The number of hydrogen-bond donors (Lipinski definition) is 1. The fourth-order valence-corrected chi connectivity index (χ4v) is 6.78. The van der Waals surface area contributed by atoms with Gasteiger partial charge in [-0.15, -0.1) is 0 Å². The van der Waals surface area contributed by atoms with Gasteiger partial charge in [0.05, 0.1) is 17.2 Å². The van der Waals surface area contributed by atoms with Crippen molar-refractivity contribution < 1.29 is 22.7 Å². The molecule has 224 valence electrons. The molecule has 10 heteroatoms. The van der Waals surface area contributed by atoms with E-state index in [1.165, 1.54) is 17.0 Å². The maximum Gasteiger partial charge on any atom is 0.264 e. The molecule has 1 N–H and O–H groups in total. The van der Waals surface area contributed by atoms with Crippen molar-refractivity contribution in [3.05, 3.63) is 88.9 Å². The van der Waals surface area contributed by atoms with Crippen molar-refractivity contribution in [3.8, 4) is 5.75 Å². The highest BCUT2D eigenvalue weighted by molar-refractivity contribution is 9.10. The number of benzene rings is 3. The largest absolute Gasteiger partial charge is 0.494 e. The molecule has 4 rings (SSSR count). The van der Waals surface area contributed by atoms with Gasteiger partial charge in [0.25, 0.3) is 10.0 Å². The summed E-state index contributed by atoms with van der Waals surface area (Å²) >= 11 is 3.35. The lowest BCUT2D eigenvalue weighted by molar-refractivity contribution is -0.139. The molecule has 0 spiro atoms. The van der Waals surface area contributed by atoms with Crippen molar-refractivity contribution >= 4 is 43.5 Å². The summed E-state index contributed by atoms with van der Waals surface area (Å²) < 4.78 is 35.3. The van der Waals surface area contributed by atoms with Gasteiger partial charge in [0.1, 0.15) is 18.3 Å². The predicted molar refractivity (Wildman–Crippen MR) is 168 cm³/mol. The first-order valence-corrected chi connectivity index (χ1v) is 16.6. The molecule has 1 aliphatic carbocycles. The van der Waals surface area contributed by atoms with E-state index in [4.69, 9.17) is 4.74 Å². The summed E-state index contributed by atoms with van der Waals surface area (Å²) in [4.78, 5) is 28.9. The number of ether oxygens (including phenoxy) is 1. The Kier molecular flexibility index (Phi) is 11.0. The van der Waals surface area contributed by atoms with Gasteiger partial charge in [0.2, 0.25) is 11.8 Å². The lowest BCUT2D eigenvalue weighted by atomic mass is 10.1. The van der Waals surface area contributed by atoms with E-state index in [2.05, 4.69) is 21.2 Å². The van der Waals surface area contributed by atoms with Crippen LogP contribution in [0.25, 0.3) is 0 Å². The minimum absolute atomic E-state index is 0.0512. The molecule has 1 fully saturated rings.